The van der Waals surface area contributed by atoms with Gasteiger partial charge in [0.05, 0.1) is 0 Å². The van der Waals surface area contributed by atoms with Gasteiger partial charge in [0.2, 0.25) is 0 Å². The number of fused-ring (bicyclic) bond motifs is 2. The molecule has 0 spiro atoms. The molecule has 3 aromatic rings. The summed E-state index contributed by atoms with van der Waals surface area (Å²) >= 11 is 0. The third-order valence-electron chi connectivity index (χ3n) is 4.65. The van der Waals surface area contributed by atoms with Crippen LogP contribution in [-0.2, 0) is 5.41 Å². The van der Waals surface area contributed by atoms with Crippen molar-refractivity contribution in [3.8, 4) is 0 Å². The third-order valence-corrected chi connectivity index (χ3v) is 4.65. The molecule has 0 saturated heterocycles. The number of carbonyl (C=O) groups excluding carboxylic acids is 2. The Hall–Kier alpha value is -2.74. The van der Waals surface area contributed by atoms with Crippen LogP contribution < -0.4 is 0 Å². The molecule has 22 heavy (non-hydrogen) atoms. The maximum atomic E-state index is 12.8. The van der Waals surface area contributed by atoms with Crippen LogP contribution in [0.1, 0.15) is 33.2 Å². The Morgan fingerprint density at radius 2 is 1.23 bits per heavy atom. The molecule has 1 aliphatic rings. The molecule has 0 bridgehead atoms. The topological polar surface area (TPSA) is 34.1 Å². The van der Waals surface area contributed by atoms with Crippen LogP contribution in [0.25, 0.3) is 10.8 Å². The summed E-state index contributed by atoms with van der Waals surface area (Å²) in [5.41, 5.74) is 0.706. The van der Waals surface area contributed by atoms with Crippen LogP contribution in [0.5, 0.6) is 0 Å². The molecule has 0 unspecified atom stereocenters. The SMILES string of the molecule is CC1(c2ccc3ccccc3c2)C(=O)c2ccccc2C1=O. The molecule has 0 aromatic heterocycles. The van der Waals surface area contributed by atoms with Gasteiger partial charge in [-0.25, -0.2) is 0 Å². The molecule has 0 aliphatic heterocycles. The van der Waals surface area contributed by atoms with E-state index in [1.54, 1.807) is 31.2 Å². The van der Waals surface area contributed by atoms with Gasteiger partial charge in [-0.15, -0.1) is 0 Å². The van der Waals surface area contributed by atoms with Crippen molar-refractivity contribution in [2.24, 2.45) is 0 Å². The molecule has 0 heterocycles. The average Bonchev–Trinajstić information content (AvgIpc) is 2.77. The van der Waals surface area contributed by atoms with Gasteiger partial charge in [0.15, 0.2) is 11.6 Å². The lowest BCUT2D eigenvalue weighted by molar-refractivity contribution is 0.0810. The van der Waals surface area contributed by atoms with Crippen LogP contribution in [-0.4, -0.2) is 11.6 Å². The highest BCUT2D eigenvalue weighted by Gasteiger charge is 2.50. The molecule has 2 nitrogen and oxygen atoms in total. The normalized spacial score (nSPS) is 16.0. The van der Waals surface area contributed by atoms with E-state index in [9.17, 15) is 9.59 Å². The zero-order valence-electron chi connectivity index (χ0n) is 12.2. The maximum Gasteiger partial charge on any atom is 0.181 e. The van der Waals surface area contributed by atoms with Crippen LogP contribution in [0, 0.1) is 0 Å². The zero-order chi connectivity index (χ0) is 15.3. The van der Waals surface area contributed by atoms with E-state index >= 15 is 0 Å². The predicted octanol–water partition coefficient (Wildman–Crippen LogP) is 4.18. The largest absolute Gasteiger partial charge is 0.293 e. The molecular formula is C20H14O2. The minimum absolute atomic E-state index is 0.108. The minimum Gasteiger partial charge on any atom is -0.293 e. The Labute approximate surface area is 128 Å². The van der Waals surface area contributed by atoms with Gasteiger partial charge in [-0.1, -0.05) is 60.7 Å². The zero-order valence-corrected chi connectivity index (χ0v) is 12.2. The van der Waals surface area contributed by atoms with E-state index in [1.807, 2.05) is 42.5 Å². The van der Waals surface area contributed by atoms with Gasteiger partial charge >= 0.3 is 0 Å². The van der Waals surface area contributed by atoms with E-state index < -0.39 is 5.41 Å². The number of ketones is 2. The van der Waals surface area contributed by atoms with Crippen LogP contribution in [0.4, 0.5) is 0 Å². The van der Waals surface area contributed by atoms with Crippen molar-refractivity contribution in [3.05, 3.63) is 83.4 Å². The minimum atomic E-state index is -1.12. The maximum absolute atomic E-state index is 12.8. The Bertz CT molecular complexity index is 902. The second-order valence-corrected chi connectivity index (χ2v) is 5.89. The fourth-order valence-electron chi connectivity index (χ4n) is 3.28. The third kappa shape index (κ3) is 1.55. The smallest absolute Gasteiger partial charge is 0.181 e. The van der Waals surface area contributed by atoms with E-state index in [2.05, 4.69) is 0 Å². The summed E-state index contributed by atoms with van der Waals surface area (Å²) in [6, 6.07) is 20.9. The first-order valence-corrected chi connectivity index (χ1v) is 7.30. The molecular weight excluding hydrogens is 272 g/mol. The number of hydrogen-bond donors (Lipinski definition) is 0. The molecule has 4 rings (SSSR count). The van der Waals surface area contributed by atoms with Crippen LogP contribution in [0.2, 0.25) is 0 Å². The fraction of sp³-hybridized carbons (Fsp3) is 0.100. The summed E-state index contributed by atoms with van der Waals surface area (Å²) in [6.07, 6.45) is 0. The van der Waals surface area contributed by atoms with Crippen LogP contribution in [0.3, 0.4) is 0 Å². The highest BCUT2D eigenvalue weighted by atomic mass is 16.2. The molecule has 0 N–H and O–H groups in total. The van der Waals surface area contributed by atoms with Gasteiger partial charge in [-0.05, 0) is 29.3 Å². The van der Waals surface area contributed by atoms with E-state index in [1.165, 1.54) is 0 Å². The highest BCUT2D eigenvalue weighted by Crippen LogP contribution is 2.40. The lowest BCUT2D eigenvalue weighted by Crippen LogP contribution is -2.34. The summed E-state index contributed by atoms with van der Waals surface area (Å²) in [7, 11) is 0. The molecule has 0 radical (unpaired) electrons. The second-order valence-electron chi connectivity index (χ2n) is 5.89. The van der Waals surface area contributed by atoms with E-state index in [0.717, 1.165) is 16.3 Å². The molecule has 0 saturated carbocycles. The number of rotatable bonds is 1. The van der Waals surface area contributed by atoms with Gasteiger partial charge < -0.3 is 0 Å². The summed E-state index contributed by atoms with van der Waals surface area (Å²) in [4.78, 5) is 25.7. The number of Topliss-reactive ketones (excluding diaryl/α,β-unsaturated/α-hetero) is 2. The summed E-state index contributed by atoms with van der Waals surface area (Å²) in [6.45, 7) is 1.74. The Morgan fingerprint density at radius 3 is 1.86 bits per heavy atom. The fourth-order valence-corrected chi connectivity index (χ4v) is 3.28. The van der Waals surface area contributed by atoms with Gasteiger partial charge in [-0.3, -0.25) is 9.59 Å². The Morgan fingerprint density at radius 1 is 0.682 bits per heavy atom. The van der Waals surface area contributed by atoms with Crippen LogP contribution in [0.15, 0.2) is 66.7 Å². The lowest BCUT2D eigenvalue weighted by atomic mass is 9.77. The van der Waals surface area contributed by atoms with E-state index in [0.29, 0.717) is 11.1 Å². The van der Waals surface area contributed by atoms with Crippen molar-refractivity contribution in [1.82, 2.24) is 0 Å². The predicted molar refractivity (Wildman–Crippen MR) is 86.4 cm³/mol. The van der Waals surface area contributed by atoms with Crippen molar-refractivity contribution in [1.29, 1.82) is 0 Å². The number of hydrogen-bond acceptors (Lipinski definition) is 2. The van der Waals surface area contributed by atoms with Crippen LogP contribution >= 0.6 is 0 Å². The second kappa shape index (κ2) is 4.38. The molecule has 3 aromatic carbocycles. The van der Waals surface area contributed by atoms with Crippen molar-refractivity contribution in [3.63, 3.8) is 0 Å². The lowest BCUT2D eigenvalue weighted by Gasteiger charge is -2.21. The van der Waals surface area contributed by atoms with Crippen molar-refractivity contribution < 1.29 is 9.59 Å². The molecule has 0 fully saturated rings. The quantitative estimate of drug-likeness (QED) is 0.629. The van der Waals surface area contributed by atoms with Crippen molar-refractivity contribution in [2.75, 3.05) is 0 Å². The van der Waals surface area contributed by atoms with Gasteiger partial charge in [0.1, 0.15) is 5.41 Å². The number of carbonyl (C=O) groups is 2. The summed E-state index contributed by atoms with van der Waals surface area (Å²) in [5.74, 6) is -0.216. The van der Waals surface area contributed by atoms with Gasteiger partial charge in [0, 0.05) is 11.1 Å². The first kappa shape index (κ1) is 13.0. The Kier molecular flexibility index (Phi) is 2.58. The Balaban J connectivity index is 1.94. The number of benzene rings is 3. The molecule has 2 heteroatoms. The van der Waals surface area contributed by atoms with Gasteiger partial charge in [0.25, 0.3) is 0 Å². The first-order chi connectivity index (χ1) is 10.6. The van der Waals surface area contributed by atoms with E-state index in [-0.39, 0.29) is 11.6 Å². The molecule has 106 valence electrons. The first-order valence-electron chi connectivity index (χ1n) is 7.30. The average molecular weight is 286 g/mol. The van der Waals surface area contributed by atoms with E-state index in [4.69, 9.17) is 0 Å². The monoisotopic (exact) mass is 286 g/mol. The molecule has 0 amide bonds. The van der Waals surface area contributed by atoms with Crippen molar-refractivity contribution in [2.45, 2.75) is 12.3 Å². The summed E-state index contributed by atoms with van der Waals surface area (Å²) in [5, 5.41) is 2.14. The standard InChI is InChI=1S/C20H14O2/c1-20(15-11-10-13-6-2-3-7-14(13)12-15)18(21)16-8-4-5-9-17(16)19(20)22/h2-12H,1H3. The molecule has 1 aliphatic carbocycles. The molecule has 0 atom stereocenters. The van der Waals surface area contributed by atoms with Crippen molar-refractivity contribution >= 4 is 22.3 Å². The summed E-state index contributed by atoms with van der Waals surface area (Å²) < 4.78 is 0. The highest BCUT2D eigenvalue weighted by molar-refractivity contribution is 6.33. The van der Waals surface area contributed by atoms with Gasteiger partial charge in [-0.2, -0.15) is 0 Å².